The summed E-state index contributed by atoms with van der Waals surface area (Å²) in [5.41, 5.74) is 1.00. The fraction of sp³-hybridized carbons (Fsp3) is 0.400. The number of aryl methyl sites for hydroxylation is 2. The fourth-order valence-corrected chi connectivity index (χ4v) is 4.12. The zero-order valence-electron chi connectivity index (χ0n) is 13.4. The van der Waals surface area contributed by atoms with E-state index in [1.165, 1.54) is 23.5 Å². The number of rotatable bonds is 6. The molecule has 0 unspecified atom stereocenters. The number of aromatic nitrogens is 2. The van der Waals surface area contributed by atoms with Gasteiger partial charge in [0, 0.05) is 11.6 Å². The molecule has 2 N–H and O–H groups in total. The van der Waals surface area contributed by atoms with Gasteiger partial charge in [0.25, 0.3) is 5.91 Å². The predicted octanol–water partition coefficient (Wildman–Crippen LogP) is 2.10. The molecular formula is C15H18N4O3S2. The van der Waals surface area contributed by atoms with E-state index in [1.54, 1.807) is 13.0 Å². The third-order valence-electron chi connectivity index (χ3n) is 3.65. The normalized spacial score (nSPS) is 14.6. The lowest BCUT2D eigenvalue weighted by Crippen LogP contribution is -2.26. The largest absolute Gasteiger partial charge is 0.296 e. The van der Waals surface area contributed by atoms with Crippen LogP contribution in [0.1, 0.15) is 40.7 Å². The van der Waals surface area contributed by atoms with Gasteiger partial charge in [-0.1, -0.05) is 24.3 Å². The van der Waals surface area contributed by atoms with E-state index in [-0.39, 0.29) is 10.9 Å². The fourth-order valence-electron chi connectivity index (χ4n) is 2.11. The molecule has 0 bridgehead atoms. The first-order valence-electron chi connectivity index (χ1n) is 7.66. The molecule has 128 valence electrons. The van der Waals surface area contributed by atoms with Crippen molar-refractivity contribution in [1.29, 1.82) is 0 Å². The Balaban J connectivity index is 1.83. The molecular weight excluding hydrogens is 348 g/mol. The van der Waals surface area contributed by atoms with E-state index in [1.807, 2.05) is 6.92 Å². The standard InChI is InChI=1S/C15H18N4O3S2/c1-3-13-17-18-15(23-13)16-14(20)12-8-11(7-4-9(12)2)24(21,22)19-10-5-6-10/h4,7-8,10,19H,3,5-6H2,1-2H3,(H,16,18,20). The summed E-state index contributed by atoms with van der Waals surface area (Å²) >= 11 is 1.30. The van der Waals surface area contributed by atoms with Crippen LogP contribution in [0.15, 0.2) is 23.1 Å². The van der Waals surface area contributed by atoms with Crippen LogP contribution in [0.5, 0.6) is 0 Å². The Morgan fingerprint density at radius 3 is 2.71 bits per heavy atom. The molecule has 1 fully saturated rings. The van der Waals surface area contributed by atoms with Crippen molar-refractivity contribution in [1.82, 2.24) is 14.9 Å². The topological polar surface area (TPSA) is 101 Å². The zero-order chi connectivity index (χ0) is 17.3. The second-order valence-electron chi connectivity index (χ2n) is 5.68. The van der Waals surface area contributed by atoms with Crippen LogP contribution in [0.4, 0.5) is 5.13 Å². The second kappa shape index (κ2) is 6.58. The van der Waals surface area contributed by atoms with E-state index in [0.29, 0.717) is 16.3 Å². The minimum Gasteiger partial charge on any atom is -0.296 e. The number of benzene rings is 1. The number of carbonyl (C=O) groups excluding carboxylic acids is 1. The molecule has 24 heavy (non-hydrogen) atoms. The Morgan fingerprint density at radius 2 is 2.08 bits per heavy atom. The molecule has 1 heterocycles. The maximum atomic E-state index is 12.5. The minimum absolute atomic E-state index is 0.0161. The summed E-state index contributed by atoms with van der Waals surface area (Å²) in [7, 11) is -3.60. The van der Waals surface area contributed by atoms with Gasteiger partial charge in [-0.15, -0.1) is 10.2 Å². The van der Waals surface area contributed by atoms with Crippen molar-refractivity contribution in [3.8, 4) is 0 Å². The maximum absolute atomic E-state index is 12.5. The molecule has 1 aliphatic carbocycles. The van der Waals surface area contributed by atoms with Crippen molar-refractivity contribution in [3.63, 3.8) is 0 Å². The van der Waals surface area contributed by atoms with Crippen molar-refractivity contribution in [2.24, 2.45) is 0 Å². The monoisotopic (exact) mass is 366 g/mol. The highest BCUT2D eigenvalue weighted by Crippen LogP contribution is 2.24. The van der Waals surface area contributed by atoms with Gasteiger partial charge >= 0.3 is 0 Å². The van der Waals surface area contributed by atoms with Crippen molar-refractivity contribution in [2.75, 3.05) is 5.32 Å². The first-order chi connectivity index (χ1) is 11.4. The molecule has 1 aromatic carbocycles. The Hall–Kier alpha value is -1.84. The van der Waals surface area contributed by atoms with Crippen molar-refractivity contribution >= 4 is 32.4 Å². The number of hydrogen-bond acceptors (Lipinski definition) is 6. The van der Waals surface area contributed by atoms with E-state index in [9.17, 15) is 13.2 Å². The molecule has 0 aliphatic heterocycles. The maximum Gasteiger partial charge on any atom is 0.257 e. The molecule has 0 atom stereocenters. The molecule has 1 saturated carbocycles. The Bertz CT molecular complexity index is 873. The third-order valence-corrected chi connectivity index (χ3v) is 6.15. The van der Waals surface area contributed by atoms with Crippen LogP contribution < -0.4 is 10.0 Å². The molecule has 9 heteroatoms. The Kier molecular flexibility index (Phi) is 4.66. The summed E-state index contributed by atoms with van der Waals surface area (Å²) in [6, 6.07) is 4.56. The summed E-state index contributed by atoms with van der Waals surface area (Å²) < 4.78 is 27.2. The molecule has 0 radical (unpaired) electrons. The summed E-state index contributed by atoms with van der Waals surface area (Å²) in [5, 5.41) is 11.8. The third kappa shape index (κ3) is 3.80. The summed E-state index contributed by atoms with van der Waals surface area (Å²) in [5.74, 6) is -0.394. The van der Waals surface area contributed by atoms with Gasteiger partial charge in [0.2, 0.25) is 15.2 Å². The van der Waals surface area contributed by atoms with Gasteiger partial charge in [-0.2, -0.15) is 0 Å². The Morgan fingerprint density at radius 1 is 1.33 bits per heavy atom. The van der Waals surface area contributed by atoms with Gasteiger partial charge in [0.15, 0.2) is 0 Å². The van der Waals surface area contributed by atoms with Gasteiger partial charge in [-0.25, -0.2) is 13.1 Å². The minimum atomic E-state index is -3.60. The highest BCUT2D eigenvalue weighted by molar-refractivity contribution is 7.89. The smallest absolute Gasteiger partial charge is 0.257 e. The summed E-state index contributed by atoms with van der Waals surface area (Å²) in [6.07, 6.45) is 2.46. The molecule has 7 nitrogen and oxygen atoms in total. The van der Waals surface area contributed by atoms with E-state index in [0.717, 1.165) is 24.3 Å². The van der Waals surface area contributed by atoms with E-state index in [2.05, 4.69) is 20.2 Å². The van der Waals surface area contributed by atoms with Crippen LogP contribution >= 0.6 is 11.3 Å². The van der Waals surface area contributed by atoms with Crippen molar-refractivity contribution in [2.45, 2.75) is 44.0 Å². The van der Waals surface area contributed by atoms with Gasteiger partial charge in [-0.3, -0.25) is 10.1 Å². The lowest BCUT2D eigenvalue weighted by molar-refractivity contribution is 0.102. The number of nitrogens with zero attached hydrogens (tertiary/aromatic N) is 2. The van der Waals surface area contributed by atoms with Crippen molar-refractivity contribution in [3.05, 3.63) is 34.3 Å². The Labute approximate surface area is 144 Å². The number of hydrogen-bond donors (Lipinski definition) is 2. The molecule has 2 aromatic rings. The van der Waals surface area contributed by atoms with Crippen LogP contribution in [0.3, 0.4) is 0 Å². The molecule has 0 spiro atoms. The van der Waals surface area contributed by atoms with Gasteiger partial charge in [0.1, 0.15) is 5.01 Å². The number of anilines is 1. The predicted molar refractivity (Wildman–Crippen MR) is 91.8 cm³/mol. The van der Waals surface area contributed by atoms with Gasteiger partial charge < -0.3 is 0 Å². The molecule has 3 rings (SSSR count). The highest BCUT2D eigenvalue weighted by Gasteiger charge is 2.28. The average Bonchev–Trinajstić information content (AvgIpc) is 3.22. The summed E-state index contributed by atoms with van der Waals surface area (Å²) in [6.45, 7) is 3.72. The van der Waals surface area contributed by atoms with E-state index < -0.39 is 15.9 Å². The zero-order valence-corrected chi connectivity index (χ0v) is 15.0. The van der Waals surface area contributed by atoms with Crippen LogP contribution in [-0.4, -0.2) is 30.6 Å². The van der Waals surface area contributed by atoms with Gasteiger partial charge in [-0.05, 0) is 43.9 Å². The van der Waals surface area contributed by atoms with Crippen LogP contribution in [0.2, 0.25) is 0 Å². The van der Waals surface area contributed by atoms with E-state index in [4.69, 9.17) is 0 Å². The lowest BCUT2D eigenvalue weighted by atomic mass is 10.1. The number of carbonyl (C=O) groups is 1. The second-order valence-corrected chi connectivity index (χ2v) is 8.46. The number of amides is 1. The quantitative estimate of drug-likeness (QED) is 0.815. The van der Waals surface area contributed by atoms with Crippen LogP contribution in [0, 0.1) is 6.92 Å². The van der Waals surface area contributed by atoms with Crippen LogP contribution in [0.25, 0.3) is 0 Å². The van der Waals surface area contributed by atoms with Gasteiger partial charge in [0.05, 0.1) is 4.90 Å². The average molecular weight is 366 g/mol. The van der Waals surface area contributed by atoms with Crippen molar-refractivity contribution < 1.29 is 13.2 Å². The molecule has 1 aliphatic rings. The first-order valence-corrected chi connectivity index (χ1v) is 9.95. The number of nitrogens with one attached hydrogen (secondary N) is 2. The highest BCUT2D eigenvalue weighted by atomic mass is 32.2. The SMILES string of the molecule is CCc1nnc(NC(=O)c2cc(S(=O)(=O)NC3CC3)ccc2C)s1. The lowest BCUT2D eigenvalue weighted by Gasteiger charge is -2.09. The number of sulfonamides is 1. The first kappa shape index (κ1) is 17.0. The molecule has 1 aromatic heterocycles. The molecule has 0 saturated heterocycles. The van der Waals surface area contributed by atoms with Crippen LogP contribution in [-0.2, 0) is 16.4 Å². The summed E-state index contributed by atoms with van der Waals surface area (Å²) in [4.78, 5) is 12.6. The van der Waals surface area contributed by atoms with E-state index >= 15 is 0 Å². The molecule has 1 amide bonds.